The van der Waals surface area contributed by atoms with Crippen molar-refractivity contribution in [1.82, 2.24) is 14.9 Å². The Morgan fingerprint density at radius 2 is 1.74 bits per heavy atom. The maximum Gasteiger partial charge on any atom is 0.243 e. The lowest BCUT2D eigenvalue weighted by molar-refractivity contribution is 0.336. The van der Waals surface area contributed by atoms with E-state index in [1.54, 1.807) is 23.5 Å². The van der Waals surface area contributed by atoms with Crippen molar-refractivity contribution in [2.45, 2.75) is 44.7 Å². The lowest BCUT2D eigenvalue weighted by atomic mass is 10.1. The number of ether oxygens (including phenoxy) is 1. The summed E-state index contributed by atoms with van der Waals surface area (Å²) in [5.41, 5.74) is 3.20. The topological polar surface area (TPSA) is 83.0 Å². The smallest absolute Gasteiger partial charge is 0.243 e. The van der Waals surface area contributed by atoms with Crippen LogP contribution in [0, 0.1) is 6.92 Å². The number of aryl methyl sites for hydroxylation is 1. The van der Waals surface area contributed by atoms with Gasteiger partial charge in [0.25, 0.3) is 0 Å². The second-order valence-corrected chi connectivity index (χ2v) is 9.52. The van der Waals surface area contributed by atoms with Crippen LogP contribution in [0.5, 0.6) is 5.75 Å². The van der Waals surface area contributed by atoms with Gasteiger partial charge in [-0.05, 0) is 56.0 Å². The first-order chi connectivity index (χ1) is 14.9. The average Bonchev–Trinajstić information content (AvgIpc) is 3.31. The first-order valence-corrected chi connectivity index (χ1v) is 12.1. The zero-order valence-electron chi connectivity index (χ0n) is 18.5. The molecule has 2 aromatic rings. The molecular formula is C23H32N4O3S. The molecule has 3 rings (SSSR count). The first kappa shape index (κ1) is 23.1. The molecule has 1 saturated heterocycles. The molecule has 0 aliphatic carbocycles. The molecule has 0 radical (unpaired) electrons. The Morgan fingerprint density at radius 1 is 1.06 bits per heavy atom. The molecule has 0 unspecified atom stereocenters. The van der Waals surface area contributed by atoms with Gasteiger partial charge < -0.3 is 15.4 Å². The molecule has 1 heterocycles. The molecule has 168 valence electrons. The molecule has 0 spiro atoms. The number of rotatable bonds is 8. The van der Waals surface area contributed by atoms with Crippen LogP contribution in [0.15, 0.2) is 52.4 Å². The van der Waals surface area contributed by atoms with Gasteiger partial charge >= 0.3 is 0 Å². The zero-order chi connectivity index (χ0) is 22.3. The SMILES string of the molecule is CCOc1cc(C)ccc1CNC(=NC)NCc1ccc(S(=O)(=O)N2CCCC2)cc1. The summed E-state index contributed by atoms with van der Waals surface area (Å²) in [7, 11) is -1.66. The molecule has 0 atom stereocenters. The number of guanidine groups is 1. The number of sulfonamides is 1. The zero-order valence-corrected chi connectivity index (χ0v) is 19.3. The summed E-state index contributed by atoms with van der Waals surface area (Å²) in [6.07, 6.45) is 1.87. The third kappa shape index (κ3) is 5.98. The molecule has 0 saturated carbocycles. The highest BCUT2D eigenvalue weighted by Crippen LogP contribution is 2.21. The quantitative estimate of drug-likeness (QED) is 0.483. The van der Waals surface area contributed by atoms with E-state index < -0.39 is 10.0 Å². The Kier molecular flexibility index (Phi) is 7.92. The number of aliphatic imine (C=N–C) groups is 1. The van der Waals surface area contributed by atoms with Crippen LogP contribution in [0.1, 0.15) is 36.5 Å². The normalized spacial score (nSPS) is 15.1. The second kappa shape index (κ2) is 10.6. The van der Waals surface area contributed by atoms with Crippen LogP contribution >= 0.6 is 0 Å². The lowest BCUT2D eigenvalue weighted by Gasteiger charge is -2.16. The molecule has 1 aliphatic rings. The summed E-state index contributed by atoms with van der Waals surface area (Å²) in [4.78, 5) is 4.62. The standard InChI is InChI=1S/C23H32N4O3S/c1-4-30-22-15-18(2)7-10-20(22)17-26-23(24-3)25-16-19-8-11-21(12-9-19)31(28,29)27-13-5-6-14-27/h7-12,15H,4-6,13-14,16-17H2,1-3H3,(H2,24,25,26). The van der Waals surface area contributed by atoms with Crippen molar-refractivity contribution >= 4 is 16.0 Å². The van der Waals surface area contributed by atoms with Crippen molar-refractivity contribution in [2.75, 3.05) is 26.7 Å². The molecule has 8 heteroatoms. The number of hydrogen-bond acceptors (Lipinski definition) is 4. The minimum atomic E-state index is -3.38. The fourth-order valence-corrected chi connectivity index (χ4v) is 5.06. The first-order valence-electron chi connectivity index (χ1n) is 10.7. The van der Waals surface area contributed by atoms with E-state index in [1.807, 2.05) is 32.0 Å². The van der Waals surface area contributed by atoms with Gasteiger partial charge in [-0.25, -0.2) is 8.42 Å². The van der Waals surface area contributed by atoms with Gasteiger partial charge in [-0.1, -0.05) is 24.3 Å². The summed E-state index contributed by atoms with van der Waals surface area (Å²) in [5, 5.41) is 6.57. The van der Waals surface area contributed by atoms with Crippen LogP contribution in [-0.4, -0.2) is 45.4 Å². The molecule has 1 fully saturated rings. The maximum atomic E-state index is 12.6. The number of hydrogen-bond donors (Lipinski definition) is 2. The van der Waals surface area contributed by atoms with E-state index in [1.165, 1.54) is 0 Å². The van der Waals surface area contributed by atoms with Gasteiger partial charge in [-0.2, -0.15) is 4.31 Å². The summed E-state index contributed by atoms with van der Waals surface area (Å²) in [5.74, 6) is 1.54. The average molecular weight is 445 g/mol. The summed E-state index contributed by atoms with van der Waals surface area (Å²) in [6, 6.07) is 13.2. The van der Waals surface area contributed by atoms with Gasteiger partial charge in [-0.3, -0.25) is 4.99 Å². The van der Waals surface area contributed by atoms with Crippen LogP contribution < -0.4 is 15.4 Å². The Bertz CT molecular complexity index is 998. The van der Waals surface area contributed by atoms with Crippen molar-refractivity contribution in [3.05, 3.63) is 59.2 Å². The van der Waals surface area contributed by atoms with Gasteiger partial charge in [-0.15, -0.1) is 0 Å². The van der Waals surface area contributed by atoms with Crippen LogP contribution in [0.4, 0.5) is 0 Å². The lowest BCUT2D eigenvalue weighted by Crippen LogP contribution is -2.36. The van der Waals surface area contributed by atoms with Gasteiger partial charge in [0.15, 0.2) is 5.96 Å². The highest BCUT2D eigenvalue weighted by Gasteiger charge is 2.26. The number of nitrogens with zero attached hydrogens (tertiary/aromatic N) is 2. The van der Waals surface area contributed by atoms with Crippen molar-refractivity contribution in [3.63, 3.8) is 0 Å². The van der Waals surface area contributed by atoms with Gasteiger partial charge in [0.05, 0.1) is 11.5 Å². The Hall–Kier alpha value is -2.58. The molecule has 1 aliphatic heterocycles. The van der Waals surface area contributed by atoms with Crippen molar-refractivity contribution in [3.8, 4) is 5.75 Å². The number of nitrogens with one attached hydrogen (secondary N) is 2. The fourth-order valence-electron chi connectivity index (χ4n) is 3.54. The largest absolute Gasteiger partial charge is 0.494 e. The number of benzene rings is 2. The van der Waals surface area contributed by atoms with E-state index in [-0.39, 0.29) is 0 Å². The summed E-state index contributed by atoms with van der Waals surface area (Å²) >= 11 is 0. The molecule has 0 bridgehead atoms. The maximum absolute atomic E-state index is 12.6. The predicted octanol–water partition coefficient (Wildman–Crippen LogP) is 3.04. The van der Waals surface area contributed by atoms with E-state index in [9.17, 15) is 8.42 Å². The van der Waals surface area contributed by atoms with E-state index in [4.69, 9.17) is 4.74 Å². The van der Waals surface area contributed by atoms with Gasteiger partial charge in [0, 0.05) is 38.8 Å². The summed E-state index contributed by atoms with van der Waals surface area (Å²) < 4.78 is 32.6. The van der Waals surface area contributed by atoms with Gasteiger partial charge in [0.1, 0.15) is 5.75 Å². The molecule has 0 amide bonds. The molecule has 2 aromatic carbocycles. The fraction of sp³-hybridized carbons (Fsp3) is 0.435. The minimum Gasteiger partial charge on any atom is -0.494 e. The third-order valence-electron chi connectivity index (χ3n) is 5.28. The van der Waals surface area contributed by atoms with Crippen molar-refractivity contribution < 1.29 is 13.2 Å². The highest BCUT2D eigenvalue weighted by molar-refractivity contribution is 7.89. The van der Waals surface area contributed by atoms with Gasteiger partial charge in [0.2, 0.25) is 10.0 Å². The van der Waals surface area contributed by atoms with Crippen LogP contribution in [-0.2, 0) is 23.1 Å². The second-order valence-electron chi connectivity index (χ2n) is 7.58. The third-order valence-corrected chi connectivity index (χ3v) is 7.19. The van der Waals surface area contributed by atoms with Crippen molar-refractivity contribution in [2.24, 2.45) is 4.99 Å². The Morgan fingerprint density at radius 3 is 2.39 bits per heavy atom. The molecule has 7 nitrogen and oxygen atoms in total. The molecule has 2 N–H and O–H groups in total. The molecule has 0 aromatic heterocycles. The Balaban J connectivity index is 1.56. The predicted molar refractivity (Wildman–Crippen MR) is 124 cm³/mol. The molecule has 31 heavy (non-hydrogen) atoms. The monoisotopic (exact) mass is 444 g/mol. The van der Waals surface area contributed by atoms with E-state index >= 15 is 0 Å². The van der Waals surface area contributed by atoms with E-state index in [0.29, 0.717) is 43.6 Å². The van der Waals surface area contributed by atoms with Crippen LogP contribution in [0.25, 0.3) is 0 Å². The van der Waals surface area contributed by atoms with Crippen LogP contribution in [0.3, 0.4) is 0 Å². The highest BCUT2D eigenvalue weighted by atomic mass is 32.2. The minimum absolute atomic E-state index is 0.350. The van der Waals surface area contributed by atoms with E-state index in [2.05, 4.69) is 27.8 Å². The Labute approximate surface area is 185 Å². The molecular weight excluding hydrogens is 412 g/mol. The van der Waals surface area contributed by atoms with E-state index in [0.717, 1.165) is 35.3 Å². The summed E-state index contributed by atoms with van der Waals surface area (Å²) in [6.45, 7) is 6.98. The van der Waals surface area contributed by atoms with Crippen molar-refractivity contribution in [1.29, 1.82) is 0 Å². The van der Waals surface area contributed by atoms with Crippen LogP contribution in [0.2, 0.25) is 0 Å².